The minimum absolute atomic E-state index is 0.146. The van der Waals surface area contributed by atoms with Crippen molar-refractivity contribution >= 4 is 11.9 Å². The summed E-state index contributed by atoms with van der Waals surface area (Å²) in [6.07, 6.45) is 6.07. The number of carbonyl (C=O) groups is 1. The van der Waals surface area contributed by atoms with Crippen molar-refractivity contribution in [3.05, 3.63) is 30.1 Å². The van der Waals surface area contributed by atoms with Gasteiger partial charge in [-0.05, 0) is 31.4 Å². The van der Waals surface area contributed by atoms with Crippen LogP contribution in [0.5, 0.6) is 0 Å². The Morgan fingerprint density at radius 3 is 2.77 bits per heavy atom. The third-order valence-corrected chi connectivity index (χ3v) is 3.74. The zero-order chi connectivity index (χ0) is 15.6. The number of amides is 1. The highest BCUT2D eigenvalue weighted by Crippen LogP contribution is 2.08. The van der Waals surface area contributed by atoms with Crippen molar-refractivity contribution in [2.45, 2.75) is 25.7 Å². The molecule has 1 aromatic heterocycles. The number of nitrogens with zero attached hydrogens (tertiary/aromatic N) is 3. The van der Waals surface area contributed by atoms with E-state index in [-0.39, 0.29) is 5.91 Å². The molecular weight excluding hydrogens is 278 g/mol. The van der Waals surface area contributed by atoms with Gasteiger partial charge in [0.2, 0.25) is 5.91 Å². The molecule has 1 aliphatic rings. The minimum Gasteiger partial charge on any atom is -0.356 e. The molecule has 0 aromatic carbocycles. The minimum atomic E-state index is 0.146. The van der Waals surface area contributed by atoms with Crippen LogP contribution in [-0.4, -0.2) is 55.0 Å². The topological polar surface area (TPSA) is 69.6 Å². The van der Waals surface area contributed by atoms with E-state index in [9.17, 15) is 4.79 Å². The fourth-order valence-electron chi connectivity index (χ4n) is 2.49. The number of carbonyl (C=O) groups excluding carboxylic acids is 1. The standard InChI is InChI=1S/C16H25N5O/c1-17-16(19-10-8-14-7-3-4-9-18-14)20-13-15(22)21-11-5-2-6-12-21/h3-4,7,9H,2,5-6,8,10-13H2,1H3,(H2,17,19,20). The highest BCUT2D eigenvalue weighted by molar-refractivity contribution is 5.86. The smallest absolute Gasteiger partial charge is 0.241 e. The van der Waals surface area contributed by atoms with Crippen LogP contribution in [0, 0.1) is 0 Å². The zero-order valence-electron chi connectivity index (χ0n) is 13.2. The quantitative estimate of drug-likeness (QED) is 0.624. The molecule has 6 nitrogen and oxygen atoms in total. The molecular formula is C16H25N5O. The average Bonchev–Trinajstić information content (AvgIpc) is 2.59. The molecule has 1 fully saturated rings. The predicted octanol–water partition coefficient (Wildman–Crippen LogP) is 0.802. The first-order valence-electron chi connectivity index (χ1n) is 7.92. The Bertz CT molecular complexity index is 483. The van der Waals surface area contributed by atoms with Crippen LogP contribution in [-0.2, 0) is 11.2 Å². The number of likely N-dealkylation sites (tertiary alicyclic amines) is 1. The van der Waals surface area contributed by atoms with Gasteiger partial charge in [0.05, 0.1) is 6.54 Å². The number of piperidine rings is 1. The van der Waals surface area contributed by atoms with Crippen LogP contribution in [0.2, 0.25) is 0 Å². The molecule has 1 aliphatic heterocycles. The van der Waals surface area contributed by atoms with Crippen molar-refractivity contribution in [2.75, 3.05) is 33.2 Å². The number of hydrogen-bond acceptors (Lipinski definition) is 3. The van der Waals surface area contributed by atoms with E-state index in [4.69, 9.17) is 0 Å². The van der Waals surface area contributed by atoms with Crippen molar-refractivity contribution < 1.29 is 4.79 Å². The van der Waals surface area contributed by atoms with Crippen LogP contribution >= 0.6 is 0 Å². The Morgan fingerprint density at radius 2 is 2.09 bits per heavy atom. The van der Waals surface area contributed by atoms with Gasteiger partial charge in [-0.1, -0.05) is 6.07 Å². The second-order valence-electron chi connectivity index (χ2n) is 5.37. The lowest BCUT2D eigenvalue weighted by atomic mass is 10.1. The fourth-order valence-corrected chi connectivity index (χ4v) is 2.49. The van der Waals surface area contributed by atoms with Gasteiger partial charge in [0.15, 0.2) is 5.96 Å². The van der Waals surface area contributed by atoms with Gasteiger partial charge in [-0.25, -0.2) is 0 Å². The van der Waals surface area contributed by atoms with Crippen LogP contribution < -0.4 is 10.6 Å². The van der Waals surface area contributed by atoms with Crippen molar-refractivity contribution in [3.8, 4) is 0 Å². The maximum atomic E-state index is 12.1. The summed E-state index contributed by atoms with van der Waals surface area (Å²) in [4.78, 5) is 22.4. The monoisotopic (exact) mass is 303 g/mol. The molecule has 0 aliphatic carbocycles. The van der Waals surface area contributed by atoms with Gasteiger partial charge >= 0.3 is 0 Å². The molecule has 0 atom stereocenters. The van der Waals surface area contributed by atoms with Gasteiger partial charge in [0.1, 0.15) is 0 Å². The Labute approximate surface area is 132 Å². The van der Waals surface area contributed by atoms with Crippen LogP contribution in [0.4, 0.5) is 0 Å². The summed E-state index contributed by atoms with van der Waals surface area (Å²) in [5.74, 6) is 0.800. The molecule has 1 aromatic rings. The maximum absolute atomic E-state index is 12.1. The van der Waals surface area contributed by atoms with E-state index in [1.165, 1.54) is 6.42 Å². The molecule has 2 rings (SSSR count). The first-order valence-corrected chi connectivity index (χ1v) is 7.92. The van der Waals surface area contributed by atoms with Crippen molar-refractivity contribution in [3.63, 3.8) is 0 Å². The second-order valence-corrected chi connectivity index (χ2v) is 5.37. The molecule has 1 amide bonds. The summed E-state index contributed by atoms with van der Waals surface area (Å²) < 4.78 is 0. The molecule has 22 heavy (non-hydrogen) atoms. The number of rotatable bonds is 5. The van der Waals surface area contributed by atoms with Crippen LogP contribution in [0.1, 0.15) is 25.0 Å². The second kappa shape index (κ2) is 9.02. The number of hydrogen-bond donors (Lipinski definition) is 2. The Hall–Kier alpha value is -2.11. The van der Waals surface area contributed by atoms with Gasteiger partial charge in [-0.2, -0.15) is 0 Å². The molecule has 0 radical (unpaired) electrons. The van der Waals surface area contributed by atoms with E-state index in [0.717, 1.165) is 44.6 Å². The van der Waals surface area contributed by atoms with E-state index in [1.54, 1.807) is 13.2 Å². The van der Waals surface area contributed by atoms with Crippen LogP contribution in [0.3, 0.4) is 0 Å². The molecule has 0 spiro atoms. The summed E-state index contributed by atoms with van der Waals surface area (Å²) in [5, 5.41) is 6.28. The van der Waals surface area contributed by atoms with Gasteiger partial charge in [0.25, 0.3) is 0 Å². The fraction of sp³-hybridized carbons (Fsp3) is 0.562. The van der Waals surface area contributed by atoms with Crippen molar-refractivity contribution in [1.82, 2.24) is 20.5 Å². The normalized spacial score (nSPS) is 15.5. The number of pyridine rings is 1. The number of aromatic nitrogens is 1. The molecule has 2 heterocycles. The Morgan fingerprint density at radius 1 is 1.27 bits per heavy atom. The average molecular weight is 303 g/mol. The Balaban J connectivity index is 1.67. The van der Waals surface area contributed by atoms with E-state index in [1.807, 2.05) is 23.1 Å². The van der Waals surface area contributed by atoms with Gasteiger partial charge in [-0.3, -0.25) is 14.8 Å². The van der Waals surface area contributed by atoms with Crippen molar-refractivity contribution in [1.29, 1.82) is 0 Å². The highest BCUT2D eigenvalue weighted by atomic mass is 16.2. The lowest BCUT2D eigenvalue weighted by molar-refractivity contribution is -0.130. The predicted molar refractivity (Wildman–Crippen MR) is 87.7 cm³/mol. The van der Waals surface area contributed by atoms with Crippen LogP contribution in [0.15, 0.2) is 29.4 Å². The first-order chi connectivity index (χ1) is 10.8. The molecule has 2 N–H and O–H groups in total. The SMILES string of the molecule is CN=C(NCCc1ccccn1)NCC(=O)N1CCCCC1. The number of nitrogens with one attached hydrogen (secondary N) is 2. The summed E-state index contributed by atoms with van der Waals surface area (Å²) >= 11 is 0. The first kappa shape index (κ1) is 16.3. The summed E-state index contributed by atoms with van der Waals surface area (Å²) in [7, 11) is 1.71. The third-order valence-electron chi connectivity index (χ3n) is 3.74. The third kappa shape index (κ3) is 5.35. The number of aliphatic imine (C=N–C) groups is 1. The zero-order valence-corrected chi connectivity index (χ0v) is 13.2. The molecule has 0 unspecified atom stereocenters. The summed E-state index contributed by atoms with van der Waals surface area (Å²) in [5.41, 5.74) is 1.04. The number of guanidine groups is 1. The van der Waals surface area contributed by atoms with Crippen molar-refractivity contribution in [2.24, 2.45) is 4.99 Å². The van der Waals surface area contributed by atoms with Gasteiger partial charge in [0, 0.05) is 45.0 Å². The van der Waals surface area contributed by atoms with E-state index in [2.05, 4.69) is 20.6 Å². The molecule has 0 bridgehead atoms. The Kier molecular flexibility index (Phi) is 6.67. The largest absolute Gasteiger partial charge is 0.356 e. The van der Waals surface area contributed by atoms with Gasteiger partial charge in [-0.15, -0.1) is 0 Å². The summed E-state index contributed by atoms with van der Waals surface area (Å²) in [6, 6.07) is 5.88. The lowest BCUT2D eigenvalue weighted by Gasteiger charge is -2.27. The molecule has 1 saturated heterocycles. The summed E-state index contributed by atoms with van der Waals surface area (Å²) in [6.45, 7) is 2.79. The molecule has 6 heteroatoms. The van der Waals surface area contributed by atoms with E-state index in [0.29, 0.717) is 12.5 Å². The van der Waals surface area contributed by atoms with Crippen LogP contribution in [0.25, 0.3) is 0 Å². The maximum Gasteiger partial charge on any atom is 0.241 e. The molecule has 0 saturated carbocycles. The lowest BCUT2D eigenvalue weighted by Crippen LogP contribution is -2.46. The molecule has 120 valence electrons. The van der Waals surface area contributed by atoms with E-state index >= 15 is 0 Å². The van der Waals surface area contributed by atoms with Gasteiger partial charge < -0.3 is 15.5 Å². The highest BCUT2D eigenvalue weighted by Gasteiger charge is 2.16. The van der Waals surface area contributed by atoms with E-state index < -0.39 is 0 Å².